The van der Waals surface area contributed by atoms with Crippen molar-refractivity contribution >= 4 is 0 Å². The van der Waals surface area contributed by atoms with Gasteiger partial charge in [0, 0.05) is 37.6 Å². The molecule has 2 rings (SSSR count). The summed E-state index contributed by atoms with van der Waals surface area (Å²) in [6.07, 6.45) is 12.1. The number of nitrogens with zero attached hydrogens (tertiary/aromatic N) is 3. The van der Waals surface area contributed by atoms with Gasteiger partial charge in [-0.05, 0) is 45.1 Å². The van der Waals surface area contributed by atoms with Crippen molar-refractivity contribution in [3.05, 3.63) is 18.7 Å². The van der Waals surface area contributed by atoms with E-state index in [-0.39, 0.29) is 5.54 Å². The zero-order chi connectivity index (χ0) is 13.7. The Labute approximate surface area is 117 Å². The number of aromatic nitrogens is 2. The molecular formula is C15H28N4. The van der Waals surface area contributed by atoms with Gasteiger partial charge in [0.1, 0.15) is 0 Å². The number of rotatable bonds is 6. The van der Waals surface area contributed by atoms with Gasteiger partial charge in [-0.3, -0.25) is 4.90 Å². The summed E-state index contributed by atoms with van der Waals surface area (Å²) in [5.41, 5.74) is 6.35. The molecule has 0 atom stereocenters. The molecule has 0 saturated heterocycles. The SMILES string of the molecule is CC1CCC(CN)(N(C)CCCn2ccnc2)CC1. The summed E-state index contributed by atoms with van der Waals surface area (Å²) in [5.74, 6) is 0.874. The average molecular weight is 264 g/mol. The number of imidazole rings is 1. The standard InChI is InChI=1S/C15H28N4/c1-14-4-6-15(12-16,7-5-14)18(2)9-3-10-19-11-8-17-13-19/h8,11,13-14H,3-7,9-10,12,16H2,1-2H3. The molecule has 4 heteroatoms. The van der Waals surface area contributed by atoms with Crippen LogP contribution in [0.5, 0.6) is 0 Å². The van der Waals surface area contributed by atoms with Gasteiger partial charge in [-0.1, -0.05) is 6.92 Å². The van der Waals surface area contributed by atoms with Gasteiger partial charge in [-0.25, -0.2) is 4.98 Å². The van der Waals surface area contributed by atoms with Crippen LogP contribution in [0.25, 0.3) is 0 Å². The lowest BCUT2D eigenvalue weighted by Crippen LogP contribution is -2.54. The fraction of sp³-hybridized carbons (Fsp3) is 0.800. The Hall–Kier alpha value is -0.870. The average Bonchev–Trinajstić information content (AvgIpc) is 2.93. The van der Waals surface area contributed by atoms with E-state index < -0.39 is 0 Å². The Morgan fingerprint density at radius 3 is 2.74 bits per heavy atom. The van der Waals surface area contributed by atoms with Gasteiger partial charge in [-0.2, -0.15) is 0 Å². The summed E-state index contributed by atoms with van der Waals surface area (Å²) in [4.78, 5) is 6.59. The van der Waals surface area contributed by atoms with Crippen LogP contribution in [0.3, 0.4) is 0 Å². The monoisotopic (exact) mass is 264 g/mol. The van der Waals surface area contributed by atoms with Gasteiger partial charge in [0.05, 0.1) is 6.33 Å². The maximum Gasteiger partial charge on any atom is 0.0945 e. The summed E-state index contributed by atoms with van der Waals surface area (Å²) in [6.45, 7) is 5.31. The predicted octanol–water partition coefficient (Wildman–Crippen LogP) is 2.11. The lowest BCUT2D eigenvalue weighted by molar-refractivity contribution is 0.0660. The molecule has 19 heavy (non-hydrogen) atoms. The quantitative estimate of drug-likeness (QED) is 0.856. The Balaban J connectivity index is 1.81. The molecule has 0 aliphatic heterocycles. The number of aryl methyl sites for hydroxylation is 1. The molecule has 108 valence electrons. The third-order valence-electron chi connectivity index (χ3n) is 4.86. The van der Waals surface area contributed by atoms with E-state index in [9.17, 15) is 0 Å². The van der Waals surface area contributed by atoms with Crippen LogP contribution in [0.4, 0.5) is 0 Å². The number of hydrogen-bond donors (Lipinski definition) is 1. The summed E-state index contributed by atoms with van der Waals surface area (Å²) in [6, 6.07) is 0. The number of hydrogen-bond acceptors (Lipinski definition) is 3. The fourth-order valence-electron chi connectivity index (χ4n) is 3.19. The van der Waals surface area contributed by atoms with Crippen LogP contribution >= 0.6 is 0 Å². The van der Waals surface area contributed by atoms with Crippen LogP contribution in [-0.2, 0) is 6.54 Å². The van der Waals surface area contributed by atoms with Gasteiger partial charge >= 0.3 is 0 Å². The molecule has 1 aliphatic carbocycles. The van der Waals surface area contributed by atoms with Crippen LogP contribution in [0, 0.1) is 5.92 Å². The van der Waals surface area contributed by atoms with Crippen molar-refractivity contribution in [1.29, 1.82) is 0 Å². The topological polar surface area (TPSA) is 47.1 Å². The van der Waals surface area contributed by atoms with Crippen molar-refractivity contribution in [2.75, 3.05) is 20.1 Å². The first kappa shape index (κ1) is 14.5. The molecule has 0 bridgehead atoms. The van der Waals surface area contributed by atoms with Crippen LogP contribution in [0.1, 0.15) is 39.0 Å². The highest BCUT2D eigenvalue weighted by Crippen LogP contribution is 2.35. The maximum atomic E-state index is 6.09. The van der Waals surface area contributed by atoms with Gasteiger partial charge in [-0.15, -0.1) is 0 Å². The molecule has 4 nitrogen and oxygen atoms in total. The second-order valence-electron chi connectivity index (χ2n) is 6.19. The summed E-state index contributed by atoms with van der Waals surface area (Å²) in [7, 11) is 2.25. The second kappa shape index (κ2) is 6.53. The molecule has 0 unspecified atom stereocenters. The number of nitrogens with two attached hydrogens (primary N) is 1. The first-order chi connectivity index (χ1) is 9.16. The molecule has 2 N–H and O–H groups in total. The van der Waals surface area contributed by atoms with E-state index in [2.05, 4.69) is 28.4 Å². The normalized spacial score (nSPS) is 27.9. The van der Waals surface area contributed by atoms with Gasteiger partial charge < -0.3 is 10.3 Å². The van der Waals surface area contributed by atoms with Crippen molar-refractivity contribution in [3.63, 3.8) is 0 Å². The van der Waals surface area contributed by atoms with E-state index in [1.807, 2.05) is 18.7 Å². The van der Waals surface area contributed by atoms with Crippen LogP contribution in [-0.4, -0.2) is 40.1 Å². The Morgan fingerprint density at radius 2 is 2.16 bits per heavy atom. The highest BCUT2D eigenvalue weighted by Gasteiger charge is 2.36. The Bertz CT molecular complexity index is 352. The minimum atomic E-state index is 0.251. The van der Waals surface area contributed by atoms with Crippen molar-refractivity contribution in [2.24, 2.45) is 11.7 Å². The van der Waals surface area contributed by atoms with Gasteiger partial charge in [0.25, 0.3) is 0 Å². The Morgan fingerprint density at radius 1 is 1.42 bits per heavy atom. The molecular weight excluding hydrogens is 236 g/mol. The van der Waals surface area contributed by atoms with Crippen molar-refractivity contribution < 1.29 is 0 Å². The lowest BCUT2D eigenvalue weighted by atomic mass is 9.76. The Kier molecular flexibility index (Phi) is 4.99. The molecule has 0 radical (unpaired) electrons. The van der Waals surface area contributed by atoms with Crippen molar-refractivity contribution in [2.45, 2.75) is 51.1 Å². The zero-order valence-corrected chi connectivity index (χ0v) is 12.4. The molecule has 0 amide bonds. The highest BCUT2D eigenvalue weighted by molar-refractivity contribution is 4.94. The smallest absolute Gasteiger partial charge is 0.0945 e. The third kappa shape index (κ3) is 3.57. The molecule has 0 aromatic carbocycles. The summed E-state index contributed by atoms with van der Waals surface area (Å²) >= 11 is 0. The first-order valence-corrected chi connectivity index (χ1v) is 7.53. The van der Waals surface area contributed by atoms with E-state index in [4.69, 9.17) is 5.73 Å². The third-order valence-corrected chi connectivity index (χ3v) is 4.86. The zero-order valence-electron chi connectivity index (χ0n) is 12.4. The van der Waals surface area contributed by atoms with E-state index in [0.29, 0.717) is 0 Å². The highest BCUT2D eigenvalue weighted by atomic mass is 15.2. The molecule has 0 spiro atoms. The van der Waals surface area contributed by atoms with Gasteiger partial charge in [0.15, 0.2) is 0 Å². The van der Waals surface area contributed by atoms with E-state index in [0.717, 1.165) is 32.0 Å². The van der Waals surface area contributed by atoms with E-state index >= 15 is 0 Å². The molecule has 1 aliphatic rings. The largest absolute Gasteiger partial charge is 0.337 e. The number of likely N-dealkylation sites (N-methyl/N-ethyl adjacent to an activating group) is 1. The van der Waals surface area contributed by atoms with Crippen LogP contribution in [0.15, 0.2) is 18.7 Å². The summed E-state index contributed by atoms with van der Waals surface area (Å²) in [5, 5.41) is 0. The molecule has 1 saturated carbocycles. The van der Waals surface area contributed by atoms with E-state index in [1.165, 1.54) is 25.7 Å². The second-order valence-corrected chi connectivity index (χ2v) is 6.19. The molecule has 1 fully saturated rings. The van der Waals surface area contributed by atoms with Crippen molar-refractivity contribution in [3.8, 4) is 0 Å². The van der Waals surface area contributed by atoms with Gasteiger partial charge in [0.2, 0.25) is 0 Å². The van der Waals surface area contributed by atoms with E-state index in [1.54, 1.807) is 0 Å². The van der Waals surface area contributed by atoms with Crippen LogP contribution < -0.4 is 5.73 Å². The summed E-state index contributed by atoms with van der Waals surface area (Å²) < 4.78 is 2.14. The van der Waals surface area contributed by atoms with Crippen LogP contribution in [0.2, 0.25) is 0 Å². The minimum Gasteiger partial charge on any atom is -0.337 e. The maximum absolute atomic E-state index is 6.09. The molecule has 1 heterocycles. The molecule has 1 aromatic heterocycles. The fourth-order valence-corrected chi connectivity index (χ4v) is 3.19. The lowest BCUT2D eigenvalue weighted by Gasteiger charge is -2.45. The minimum absolute atomic E-state index is 0.251. The molecule has 1 aromatic rings. The van der Waals surface area contributed by atoms with Crippen molar-refractivity contribution in [1.82, 2.24) is 14.5 Å². The predicted molar refractivity (Wildman–Crippen MR) is 78.9 cm³/mol. The first-order valence-electron chi connectivity index (χ1n) is 7.53.